The van der Waals surface area contributed by atoms with Crippen molar-refractivity contribution in [2.24, 2.45) is 5.10 Å². The number of aryl methyl sites for hydroxylation is 1. The Bertz CT molecular complexity index is 579. The highest BCUT2D eigenvalue weighted by Gasteiger charge is 2.10. The van der Waals surface area contributed by atoms with Gasteiger partial charge in [-0.3, -0.25) is 4.79 Å². The van der Waals surface area contributed by atoms with Gasteiger partial charge in [-0.2, -0.15) is 10.1 Å². The molecule has 0 bridgehead atoms. The Hall–Kier alpha value is -2.13. The van der Waals surface area contributed by atoms with Gasteiger partial charge in [0, 0.05) is 0 Å². The molecule has 0 atom stereocenters. The quantitative estimate of drug-likeness (QED) is 0.357. The molecule has 0 saturated heterocycles. The lowest BCUT2D eigenvalue weighted by molar-refractivity contribution is 0.264. The summed E-state index contributed by atoms with van der Waals surface area (Å²) < 4.78 is 0. The van der Waals surface area contributed by atoms with Gasteiger partial charge in [-0.15, -0.1) is 0 Å². The van der Waals surface area contributed by atoms with Crippen molar-refractivity contribution < 1.29 is 4.79 Å². The third kappa shape index (κ3) is 3.66. The molecule has 4 heteroatoms. The SMILES string of the molecule is Cc1ccc(/C=N/N(C(=O)Cl)c2ccccc2)cc1. The van der Waals surface area contributed by atoms with Gasteiger partial charge >= 0.3 is 5.37 Å². The zero-order valence-electron chi connectivity index (χ0n) is 10.5. The van der Waals surface area contributed by atoms with E-state index in [1.807, 2.05) is 49.4 Å². The number of para-hydroxylation sites is 1. The molecule has 3 nitrogen and oxygen atoms in total. The number of carbonyl (C=O) groups excluding carboxylic acids is 1. The highest BCUT2D eigenvalue weighted by molar-refractivity contribution is 6.66. The van der Waals surface area contributed by atoms with Crippen LogP contribution in [0, 0.1) is 6.92 Å². The van der Waals surface area contributed by atoms with E-state index in [9.17, 15) is 4.79 Å². The molecule has 2 aromatic rings. The molecule has 2 rings (SSSR count). The molecule has 0 heterocycles. The third-order valence-electron chi connectivity index (χ3n) is 2.57. The number of hydrogen-bond donors (Lipinski definition) is 0. The topological polar surface area (TPSA) is 32.7 Å². The molecule has 0 aliphatic rings. The predicted molar refractivity (Wildman–Crippen MR) is 78.9 cm³/mol. The van der Waals surface area contributed by atoms with Crippen LogP contribution in [0.4, 0.5) is 10.5 Å². The van der Waals surface area contributed by atoms with E-state index in [1.165, 1.54) is 5.56 Å². The number of hydrogen-bond acceptors (Lipinski definition) is 2. The van der Waals surface area contributed by atoms with Gasteiger partial charge in [0.25, 0.3) is 0 Å². The van der Waals surface area contributed by atoms with Crippen molar-refractivity contribution in [3.8, 4) is 0 Å². The Morgan fingerprint density at radius 2 is 1.74 bits per heavy atom. The van der Waals surface area contributed by atoms with E-state index in [-0.39, 0.29) is 0 Å². The minimum absolute atomic E-state index is 0.630. The van der Waals surface area contributed by atoms with Gasteiger partial charge in [-0.05, 0) is 36.2 Å². The van der Waals surface area contributed by atoms with Crippen molar-refractivity contribution in [3.63, 3.8) is 0 Å². The summed E-state index contributed by atoms with van der Waals surface area (Å²) in [6.45, 7) is 2.01. The minimum atomic E-state index is -0.644. The van der Waals surface area contributed by atoms with Gasteiger partial charge in [0.1, 0.15) is 0 Å². The van der Waals surface area contributed by atoms with E-state index in [1.54, 1.807) is 18.3 Å². The molecule has 0 aliphatic carbocycles. The summed E-state index contributed by atoms with van der Waals surface area (Å²) in [4.78, 5) is 11.4. The first-order valence-corrected chi connectivity index (χ1v) is 6.20. The second-order valence-electron chi connectivity index (χ2n) is 4.06. The van der Waals surface area contributed by atoms with Crippen LogP contribution in [0.5, 0.6) is 0 Å². The fraction of sp³-hybridized carbons (Fsp3) is 0.0667. The minimum Gasteiger partial charge on any atom is -0.253 e. The first-order chi connectivity index (χ1) is 9.16. The van der Waals surface area contributed by atoms with Crippen LogP contribution in [0.3, 0.4) is 0 Å². The van der Waals surface area contributed by atoms with E-state index in [0.717, 1.165) is 10.6 Å². The van der Waals surface area contributed by atoms with Crippen LogP contribution in [0.25, 0.3) is 0 Å². The number of carbonyl (C=O) groups is 1. The second kappa shape index (κ2) is 6.16. The highest BCUT2D eigenvalue weighted by Crippen LogP contribution is 2.15. The molecule has 0 N–H and O–H groups in total. The molecule has 0 fully saturated rings. The van der Waals surface area contributed by atoms with Crippen molar-refractivity contribution in [2.45, 2.75) is 6.92 Å². The summed E-state index contributed by atoms with van der Waals surface area (Å²) in [5.74, 6) is 0. The average Bonchev–Trinajstić information content (AvgIpc) is 2.42. The number of rotatable bonds is 3. The van der Waals surface area contributed by atoms with Gasteiger partial charge < -0.3 is 0 Å². The first kappa shape index (κ1) is 13.3. The largest absolute Gasteiger partial charge is 0.341 e. The molecule has 0 unspecified atom stereocenters. The maximum Gasteiger partial charge on any atom is 0.341 e. The molecule has 0 saturated carbocycles. The smallest absolute Gasteiger partial charge is 0.253 e. The van der Waals surface area contributed by atoms with Crippen LogP contribution in [0.15, 0.2) is 59.7 Å². The Morgan fingerprint density at radius 3 is 2.32 bits per heavy atom. The Labute approximate surface area is 117 Å². The summed E-state index contributed by atoms with van der Waals surface area (Å²) in [6, 6.07) is 16.9. The number of hydrazone groups is 1. The zero-order chi connectivity index (χ0) is 13.7. The molecule has 96 valence electrons. The molecular weight excluding hydrogens is 260 g/mol. The van der Waals surface area contributed by atoms with Crippen LogP contribution >= 0.6 is 11.6 Å². The van der Waals surface area contributed by atoms with Crippen molar-refractivity contribution in [1.29, 1.82) is 0 Å². The van der Waals surface area contributed by atoms with E-state index in [2.05, 4.69) is 5.10 Å². The number of anilines is 1. The molecule has 0 aliphatic heterocycles. The van der Waals surface area contributed by atoms with Crippen LogP contribution in [0.1, 0.15) is 11.1 Å². The molecular formula is C15H13ClN2O. The van der Waals surface area contributed by atoms with Crippen LogP contribution in [-0.4, -0.2) is 11.6 Å². The molecule has 0 aromatic heterocycles. The van der Waals surface area contributed by atoms with Crippen LogP contribution in [0.2, 0.25) is 0 Å². The fourth-order valence-electron chi connectivity index (χ4n) is 1.56. The van der Waals surface area contributed by atoms with E-state index in [0.29, 0.717) is 5.69 Å². The van der Waals surface area contributed by atoms with Gasteiger partial charge in [0.2, 0.25) is 0 Å². The van der Waals surface area contributed by atoms with E-state index in [4.69, 9.17) is 11.6 Å². The second-order valence-corrected chi connectivity index (χ2v) is 4.38. The lowest BCUT2D eigenvalue weighted by Crippen LogP contribution is -2.18. The molecule has 0 spiro atoms. The van der Waals surface area contributed by atoms with Crippen molar-refractivity contribution in [3.05, 3.63) is 65.7 Å². The van der Waals surface area contributed by atoms with E-state index >= 15 is 0 Å². The predicted octanol–water partition coefficient (Wildman–Crippen LogP) is 4.19. The fourth-order valence-corrected chi connectivity index (χ4v) is 1.70. The Morgan fingerprint density at radius 1 is 1.11 bits per heavy atom. The standard InChI is InChI=1S/C15H13ClN2O/c1-12-7-9-13(10-8-12)11-17-18(15(16)19)14-5-3-2-4-6-14/h2-11H,1H3/b17-11+. The molecule has 2 aromatic carbocycles. The Balaban J connectivity index is 2.22. The molecule has 1 amide bonds. The van der Waals surface area contributed by atoms with Gasteiger partial charge in [-0.25, -0.2) is 0 Å². The molecule has 0 radical (unpaired) electrons. The zero-order valence-corrected chi connectivity index (χ0v) is 11.2. The van der Waals surface area contributed by atoms with Gasteiger partial charge in [-0.1, -0.05) is 48.0 Å². The molecule has 19 heavy (non-hydrogen) atoms. The highest BCUT2D eigenvalue weighted by atomic mass is 35.5. The van der Waals surface area contributed by atoms with Crippen molar-refractivity contribution >= 4 is 28.9 Å². The summed E-state index contributed by atoms with van der Waals surface area (Å²) >= 11 is 5.54. The lowest BCUT2D eigenvalue weighted by atomic mass is 10.2. The number of benzene rings is 2. The van der Waals surface area contributed by atoms with Crippen molar-refractivity contribution in [2.75, 3.05) is 5.01 Å². The summed E-state index contributed by atoms with van der Waals surface area (Å²) in [5, 5.41) is 4.63. The third-order valence-corrected chi connectivity index (χ3v) is 2.73. The summed E-state index contributed by atoms with van der Waals surface area (Å²) in [6.07, 6.45) is 1.60. The monoisotopic (exact) mass is 272 g/mol. The summed E-state index contributed by atoms with van der Waals surface area (Å²) in [5.41, 5.74) is 2.71. The van der Waals surface area contributed by atoms with Crippen molar-refractivity contribution in [1.82, 2.24) is 0 Å². The first-order valence-electron chi connectivity index (χ1n) is 5.82. The van der Waals surface area contributed by atoms with Gasteiger partial charge in [0.15, 0.2) is 0 Å². The lowest BCUT2D eigenvalue weighted by Gasteiger charge is -2.12. The number of nitrogens with zero attached hydrogens (tertiary/aromatic N) is 2. The van der Waals surface area contributed by atoms with Crippen LogP contribution in [-0.2, 0) is 0 Å². The van der Waals surface area contributed by atoms with Crippen LogP contribution < -0.4 is 5.01 Å². The maximum absolute atomic E-state index is 11.4. The maximum atomic E-state index is 11.4. The number of amides is 1. The van der Waals surface area contributed by atoms with E-state index < -0.39 is 5.37 Å². The Kier molecular flexibility index (Phi) is 4.31. The summed E-state index contributed by atoms with van der Waals surface area (Å²) in [7, 11) is 0. The average molecular weight is 273 g/mol. The normalized spacial score (nSPS) is 10.6. The van der Waals surface area contributed by atoms with Gasteiger partial charge in [0.05, 0.1) is 11.9 Å². The number of halogens is 1.